The van der Waals surface area contributed by atoms with E-state index in [0.717, 1.165) is 27.6 Å². The molecule has 0 radical (unpaired) electrons. The Morgan fingerprint density at radius 1 is 1.22 bits per heavy atom. The molecule has 23 heavy (non-hydrogen) atoms. The molecule has 3 aromatic rings. The van der Waals surface area contributed by atoms with Gasteiger partial charge in [0.2, 0.25) is 0 Å². The van der Waals surface area contributed by atoms with Crippen LogP contribution < -0.4 is 11.1 Å². The Morgan fingerprint density at radius 2 is 2.04 bits per heavy atom. The summed E-state index contributed by atoms with van der Waals surface area (Å²) in [4.78, 5) is 15.9. The lowest BCUT2D eigenvalue weighted by atomic mass is 9.98. The van der Waals surface area contributed by atoms with Gasteiger partial charge in [-0.2, -0.15) is 0 Å². The lowest BCUT2D eigenvalue weighted by Gasteiger charge is -2.13. The van der Waals surface area contributed by atoms with Crippen LogP contribution in [0.15, 0.2) is 67.5 Å². The van der Waals surface area contributed by atoms with Gasteiger partial charge >= 0.3 is 0 Å². The molecule has 3 N–H and O–H groups in total. The number of aromatic nitrogens is 1. The van der Waals surface area contributed by atoms with Gasteiger partial charge in [0.25, 0.3) is 5.91 Å². The molecule has 3 rings (SSSR count). The van der Waals surface area contributed by atoms with Crippen LogP contribution in [0.2, 0.25) is 0 Å². The van der Waals surface area contributed by atoms with Gasteiger partial charge in [-0.3, -0.25) is 9.78 Å². The number of pyridine rings is 1. The van der Waals surface area contributed by atoms with Gasteiger partial charge in [0.15, 0.2) is 0 Å². The molecular formula is C19H17N3O. The number of nitrogens with one attached hydrogen (secondary N) is 1. The lowest BCUT2D eigenvalue weighted by molar-refractivity contribution is 0.100. The normalized spacial score (nSPS) is 10.4. The van der Waals surface area contributed by atoms with Crippen LogP contribution in [0.4, 0.5) is 5.69 Å². The van der Waals surface area contributed by atoms with E-state index in [1.54, 1.807) is 18.3 Å². The molecular weight excluding hydrogens is 286 g/mol. The number of nitrogens with two attached hydrogens (primary N) is 1. The van der Waals surface area contributed by atoms with Crippen molar-refractivity contribution in [3.63, 3.8) is 0 Å². The number of benzene rings is 2. The van der Waals surface area contributed by atoms with Crippen LogP contribution in [0.5, 0.6) is 0 Å². The molecule has 1 aromatic heterocycles. The first-order valence-electron chi connectivity index (χ1n) is 7.32. The molecule has 0 aliphatic carbocycles. The highest BCUT2D eigenvalue weighted by atomic mass is 16.1. The number of nitrogens with zero attached hydrogens (tertiary/aromatic N) is 1. The van der Waals surface area contributed by atoms with E-state index in [2.05, 4.69) is 16.9 Å². The van der Waals surface area contributed by atoms with Crippen molar-refractivity contribution in [3.8, 4) is 11.1 Å². The van der Waals surface area contributed by atoms with Gasteiger partial charge in [0.05, 0.1) is 11.3 Å². The van der Waals surface area contributed by atoms with Gasteiger partial charge in [-0.1, -0.05) is 30.3 Å². The van der Waals surface area contributed by atoms with Crippen molar-refractivity contribution in [3.05, 3.63) is 73.1 Å². The van der Waals surface area contributed by atoms with Crippen LogP contribution in [0, 0.1) is 0 Å². The maximum absolute atomic E-state index is 11.7. The van der Waals surface area contributed by atoms with E-state index < -0.39 is 5.91 Å². The third-order valence-corrected chi connectivity index (χ3v) is 3.71. The van der Waals surface area contributed by atoms with Gasteiger partial charge in [-0.15, -0.1) is 6.58 Å². The predicted octanol–water partition coefficient (Wildman–Crippen LogP) is 3.60. The average molecular weight is 303 g/mol. The van der Waals surface area contributed by atoms with Crippen molar-refractivity contribution in [1.29, 1.82) is 0 Å². The standard InChI is InChI=1S/C19H17N3O/c1-2-9-22-18-16(19(20)23)8-7-13-5-6-14(11-17(13)18)15-4-3-10-21-12-15/h2-8,10-12,22H,1,9H2,(H2,20,23). The summed E-state index contributed by atoms with van der Waals surface area (Å²) in [6, 6.07) is 13.7. The first kappa shape index (κ1) is 14.8. The number of anilines is 1. The van der Waals surface area contributed by atoms with Crippen LogP contribution >= 0.6 is 0 Å². The Balaban J connectivity index is 2.22. The number of rotatable bonds is 5. The number of carbonyl (C=O) groups excluding carboxylic acids is 1. The number of primary amides is 1. The summed E-state index contributed by atoms with van der Waals surface area (Å²) in [5.41, 5.74) is 8.78. The van der Waals surface area contributed by atoms with Gasteiger partial charge in [0.1, 0.15) is 0 Å². The Morgan fingerprint density at radius 3 is 2.74 bits per heavy atom. The molecule has 0 saturated carbocycles. The van der Waals surface area contributed by atoms with Gasteiger partial charge in [0, 0.05) is 29.9 Å². The Bertz CT molecular complexity index is 872. The van der Waals surface area contributed by atoms with Crippen LogP contribution in [-0.4, -0.2) is 17.4 Å². The smallest absolute Gasteiger partial charge is 0.250 e. The molecule has 0 atom stereocenters. The monoisotopic (exact) mass is 303 g/mol. The topological polar surface area (TPSA) is 68.0 Å². The second-order valence-electron chi connectivity index (χ2n) is 5.20. The molecule has 1 heterocycles. The summed E-state index contributed by atoms with van der Waals surface area (Å²) < 4.78 is 0. The summed E-state index contributed by atoms with van der Waals surface area (Å²) in [7, 11) is 0. The van der Waals surface area contributed by atoms with E-state index in [-0.39, 0.29) is 0 Å². The molecule has 114 valence electrons. The number of hydrogen-bond donors (Lipinski definition) is 2. The van der Waals surface area contributed by atoms with Crippen LogP contribution in [0.3, 0.4) is 0 Å². The van der Waals surface area contributed by atoms with Crippen molar-refractivity contribution in [2.75, 3.05) is 11.9 Å². The zero-order valence-electron chi connectivity index (χ0n) is 12.6. The SMILES string of the molecule is C=CCNc1c(C(N)=O)ccc2ccc(-c3cccnc3)cc12. The van der Waals surface area contributed by atoms with Gasteiger partial charge in [-0.25, -0.2) is 0 Å². The minimum absolute atomic E-state index is 0.453. The molecule has 0 aliphatic heterocycles. The van der Waals surface area contributed by atoms with Gasteiger partial charge < -0.3 is 11.1 Å². The molecule has 0 unspecified atom stereocenters. The number of amides is 1. The van der Waals surface area contributed by atoms with Crippen molar-refractivity contribution in [2.45, 2.75) is 0 Å². The second kappa shape index (κ2) is 6.32. The zero-order valence-corrected chi connectivity index (χ0v) is 12.6. The van der Waals surface area contributed by atoms with E-state index in [4.69, 9.17) is 5.73 Å². The third kappa shape index (κ3) is 2.92. The maximum Gasteiger partial charge on any atom is 0.250 e. The fourth-order valence-corrected chi connectivity index (χ4v) is 2.60. The average Bonchev–Trinajstić information content (AvgIpc) is 2.59. The molecule has 0 spiro atoms. The fourth-order valence-electron chi connectivity index (χ4n) is 2.60. The van der Waals surface area contributed by atoms with E-state index in [9.17, 15) is 4.79 Å². The number of fused-ring (bicyclic) bond motifs is 1. The predicted molar refractivity (Wildman–Crippen MR) is 94.4 cm³/mol. The number of hydrogen-bond acceptors (Lipinski definition) is 3. The molecule has 0 saturated heterocycles. The zero-order chi connectivity index (χ0) is 16.2. The van der Waals surface area contributed by atoms with E-state index in [1.165, 1.54) is 0 Å². The highest BCUT2D eigenvalue weighted by molar-refractivity contribution is 6.08. The van der Waals surface area contributed by atoms with Crippen molar-refractivity contribution in [1.82, 2.24) is 4.98 Å². The second-order valence-corrected chi connectivity index (χ2v) is 5.20. The van der Waals surface area contributed by atoms with Gasteiger partial charge in [-0.05, 0) is 29.1 Å². The Hall–Kier alpha value is -3.14. The highest BCUT2D eigenvalue weighted by Crippen LogP contribution is 2.31. The lowest BCUT2D eigenvalue weighted by Crippen LogP contribution is -2.14. The summed E-state index contributed by atoms with van der Waals surface area (Å²) >= 11 is 0. The highest BCUT2D eigenvalue weighted by Gasteiger charge is 2.12. The van der Waals surface area contributed by atoms with Crippen molar-refractivity contribution in [2.24, 2.45) is 5.73 Å². The summed E-state index contributed by atoms with van der Waals surface area (Å²) in [5, 5.41) is 5.22. The van der Waals surface area contributed by atoms with E-state index in [1.807, 2.05) is 42.6 Å². The van der Waals surface area contributed by atoms with E-state index >= 15 is 0 Å². The molecule has 4 nitrogen and oxygen atoms in total. The molecule has 2 aromatic carbocycles. The third-order valence-electron chi connectivity index (χ3n) is 3.71. The maximum atomic E-state index is 11.7. The van der Waals surface area contributed by atoms with Crippen molar-refractivity contribution < 1.29 is 4.79 Å². The quantitative estimate of drug-likeness (QED) is 0.708. The van der Waals surface area contributed by atoms with Crippen LogP contribution in [-0.2, 0) is 0 Å². The van der Waals surface area contributed by atoms with E-state index in [0.29, 0.717) is 12.1 Å². The number of carbonyl (C=O) groups is 1. The first-order valence-corrected chi connectivity index (χ1v) is 7.32. The van der Waals surface area contributed by atoms with Crippen LogP contribution in [0.1, 0.15) is 10.4 Å². The largest absolute Gasteiger partial charge is 0.380 e. The minimum Gasteiger partial charge on any atom is -0.380 e. The molecule has 1 amide bonds. The molecule has 0 bridgehead atoms. The molecule has 0 fully saturated rings. The summed E-state index contributed by atoms with van der Waals surface area (Å²) in [5.74, 6) is -0.453. The minimum atomic E-state index is -0.453. The van der Waals surface area contributed by atoms with Crippen molar-refractivity contribution >= 4 is 22.4 Å². The molecule has 0 aliphatic rings. The Labute approximate surface area is 134 Å². The van der Waals surface area contributed by atoms with Crippen LogP contribution in [0.25, 0.3) is 21.9 Å². The Kier molecular flexibility index (Phi) is 4.06. The fraction of sp³-hybridized carbons (Fsp3) is 0.0526. The molecule has 4 heteroatoms. The first-order chi connectivity index (χ1) is 11.2. The summed E-state index contributed by atoms with van der Waals surface area (Å²) in [6.45, 7) is 4.26. The summed E-state index contributed by atoms with van der Waals surface area (Å²) in [6.07, 6.45) is 5.30.